The molecule has 1 amide bonds. The summed E-state index contributed by atoms with van der Waals surface area (Å²) in [5.41, 5.74) is 5.43. The molecule has 1 N–H and O–H groups in total. The second-order valence-corrected chi connectivity index (χ2v) is 6.16. The van der Waals surface area contributed by atoms with Gasteiger partial charge in [-0.2, -0.15) is 5.10 Å². The molecule has 6 nitrogen and oxygen atoms in total. The molecule has 144 valence electrons. The highest BCUT2D eigenvalue weighted by atomic mass is 16.5. The summed E-state index contributed by atoms with van der Waals surface area (Å²) in [5, 5.41) is 3.99. The first-order valence-corrected chi connectivity index (χ1v) is 8.81. The predicted molar refractivity (Wildman–Crippen MR) is 106 cm³/mol. The van der Waals surface area contributed by atoms with Crippen molar-refractivity contribution in [2.24, 2.45) is 5.10 Å². The zero-order chi connectivity index (χ0) is 19.8. The molecule has 0 aliphatic rings. The van der Waals surface area contributed by atoms with Crippen LogP contribution in [-0.4, -0.2) is 31.9 Å². The molecule has 0 bridgehead atoms. The molecule has 0 heterocycles. The largest absolute Gasteiger partial charge is 0.493 e. The molecule has 2 aromatic rings. The van der Waals surface area contributed by atoms with Gasteiger partial charge >= 0.3 is 0 Å². The van der Waals surface area contributed by atoms with Gasteiger partial charge in [-0.25, -0.2) is 5.43 Å². The van der Waals surface area contributed by atoms with Crippen molar-refractivity contribution in [3.8, 4) is 17.2 Å². The van der Waals surface area contributed by atoms with Gasteiger partial charge in [-0.3, -0.25) is 4.79 Å². The van der Waals surface area contributed by atoms with E-state index in [1.54, 1.807) is 32.4 Å². The van der Waals surface area contributed by atoms with Gasteiger partial charge < -0.3 is 14.2 Å². The maximum Gasteiger partial charge on any atom is 0.280 e. The number of carbonyl (C=O) groups excluding carboxylic acids is 1. The number of methoxy groups -OCH3 is 1. The summed E-state index contributed by atoms with van der Waals surface area (Å²) in [6.45, 7) is 8.12. The standard InChI is InChI=1S/C21H26N2O4/c1-6-26-19-8-7-17(12-20(19)25-5)13-22-23-21(24)16(4)27-18-10-14(2)9-15(3)11-18/h7-13,16H,6H2,1-5H3,(H,23,24)/b22-13+/t16-/m0/s1. The van der Waals surface area contributed by atoms with Gasteiger partial charge in [0.1, 0.15) is 5.75 Å². The second-order valence-electron chi connectivity index (χ2n) is 6.16. The number of hydrogen-bond donors (Lipinski definition) is 1. The Bertz CT molecular complexity index is 798. The highest BCUT2D eigenvalue weighted by Gasteiger charge is 2.14. The minimum Gasteiger partial charge on any atom is -0.493 e. The fourth-order valence-electron chi connectivity index (χ4n) is 2.56. The first kappa shape index (κ1) is 20.3. The van der Waals surface area contributed by atoms with E-state index in [9.17, 15) is 4.79 Å². The second kappa shape index (κ2) is 9.62. The summed E-state index contributed by atoms with van der Waals surface area (Å²) in [5.74, 6) is 1.61. The monoisotopic (exact) mass is 370 g/mol. The molecule has 0 saturated carbocycles. The third-order valence-electron chi connectivity index (χ3n) is 3.75. The number of hydrazone groups is 1. The first-order chi connectivity index (χ1) is 12.9. The molecule has 0 radical (unpaired) electrons. The lowest BCUT2D eigenvalue weighted by molar-refractivity contribution is -0.127. The fraction of sp³-hybridized carbons (Fsp3) is 0.333. The number of carbonyl (C=O) groups is 1. The van der Waals surface area contributed by atoms with Crippen molar-refractivity contribution < 1.29 is 19.0 Å². The number of aryl methyl sites for hydroxylation is 2. The van der Waals surface area contributed by atoms with Crippen molar-refractivity contribution >= 4 is 12.1 Å². The van der Waals surface area contributed by atoms with Crippen molar-refractivity contribution in [3.05, 3.63) is 53.1 Å². The minimum absolute atomic E-state index is 0.330. The first-order valence-electron chi connectivity index (χ1n) is 8.81. The summed E-state index contributed by atoms with van der Waals surface area (Å²) >= 11 is 0. The smallest absolute Gasteiger partial charge is 0.280 e. The van der Waals surface area contributed by atoms with E-state index in [1.165, 1.54) is 0 Å². The molecule has 27 heavy (non-hydrogen) atoms. The lowest BCUT2D eigenvalue weighted by atomic mass is 10.1. The Morgan fingerprint density at radius 1 is 1.15 bits per heavy atom. The van der Waals surface area contributed by atoms with Crippen LogP contribution in [0.2, 0.25) is 0 Å². The molecule has 0 aromatic heterocycles. The summed E-state index contributed by atoms with van der Waals surface area (Å²) in [4.78, 5) is 12.2. The van der Waals surface area contributed by atoms with E-state index in [1.807, 2.05) is 45.0 Å². The summed E-state index contributed by atoms with van der Waals surface area (Å²) in [7, 11) is 1.58. The number of nitrogens with zero attached hydrogens (tertiary/aromatic N) is 1. The fourth-order valence-corrected chi connectivity index (χ4v) is 2.56. The Kier molecular flexibility index (Phi) is 7.23. The van der Waals surface area contributed by atoms with Crippen LogP contribution in [-0.2, 0) is 4.79 Å². The van der Waals surface area contributed by atoms with E-state index in [0.717, 1.165) is 16.7 Å². The molecular formula is C21H26N2O4. The third kappa shape index (κ3) is 6.02. The quantitative estimate of drug-likeness (QED) is 0.569. The molecule has 0 spiro atoms. The van der Waals surface area contributed by atoms with Crippen LogP contribution in [0.25, 0.3) is 0 Å². The Morgan fingerprint density at radius 2 is 1.85 bits per heavy atom. The highest BCUT2D eigenvalue weighted by Crippen LogP contribution is 2.27. The molecule has 0 saturated heterocycles. The van der Waals surface area contributed by atoms with Gasteiger partial charge in [0.25, 0.3) is 5.91 Å². The molecule has 0 aliphatic carbocycles. The molecule has 2 aromatic carbocycles. The van der Waals surface area contributed by atoms with E-state index >= 15 is 0 Å². The van der Waals surface area contributed by atoms with E-state index in [2.05, 4.69) is 10.5 Å². The molecule has 2 rings (SSSR count). The van der Waals surface area contributed by atoms with Gasteiger partial charge in [-0.1, -0.05) is 6.07 Å². The molecule has 1 atom stereocenters. The van der Waals surface area contributed by atoms with Crippen LogP contribution >= 0.6 is 0 Å². The van der Waals surface area contributed by atoms with Crippen LogP contribution in [0.15, 0.2) is 41.5 Å². The maximum atomic E-state index is 12.2. The van der Waals surface area contributed by atoms with E-state index < -0.39 is 6.10 Å². The van der Waals surface area contributed by atoms with Crippen LogP contribution < -0.4 is 19.6 Å². The molecule has 6 heteroatoms. The summed E-state index contributed by atoms with van der Waals surface area (Å²) in [6, 6.07) is 11.3. The van der Waals surface area contributed by atoms with Crippen molar-refractivity contribution in [2.45, 2.75) is 33.8 Å². The van der Waals surface area contributed by atoms with E-state index in [4.69, 9.17) is 14.2 Å². The Morgan fingerprint density at radius 3 is 2.48 bits per heavy atom. The summed E-state index contributed by atoms with van der Waals surface area (Å²) in [6.07, 6.45) is 0.873. The third-order valence-corrected chi connectivity index (χ3v) is 3.75. The maximum absolute atomic E-state index is 12.2. The molecule has 0 fully saturated rings. The van der Waals surface area contributed by atoms with Crippen molar-refractivity contribution in [3.63, 3.8) is 0 Å². The zero-order valence-corrected chi connectivity index (χ0v) is 16.4. The Hall–Kier alpha value is -3.02. The van der Waals surface area contributed by atoms with E-state index in [-0.39, 0.29) is 5.91 Å². The average molecular weight is 370 g/mol. The van der Waals surface area contributed by atoms with Crippen LogP contribution in [0.3, 0.4) is 0 Å². The zero-order valence-electron chi connectivity index (χ0n) is 16.4. The highest BCUT2D eigenvalue weighted by molar-refractivity contribution is 5.84. The van der Waals surface area contributed by atoms with Crippen molar-refractivity contribution in [1.29, 1.82) is 0 Å². The van der Waals surface area contributed by atoms with Gasteiger partial charge in [0.15, 0.2) is 17.6 Å². The topological polar surface area (TPSA) is 69.2 Å². The average Bonchev–Trinajstić information content (AvgIpc) is 2.62. The molecular weight excluding hydrogens is 344 g/mol. The van der Waals surface area contributed by atoms with Gasteiger partial charge in [0.2, 0.25) is 0 Å². The lowest BCUT2D eigenvalue weighted by Crippen LogP contribution is -2.33. The molecule has 0 aliphatic heterocycles. The summed E-state index contributed by atoms with van der Waals surface area (Å²) < 4.78 is 16.5. The van der Waals surface area contributed by atoms with Gasteiger partial charge in [0.05, 0.1) is 19.9 Å². The van der Waals surface area contributed by atoms with Crippen molar-refractivity contribution in [2.75, 3.05) is 13.7 Å². The predicted octanol–water partition coefficient (Wildman–Crippen LogP) is 3.63. The van der Waals surface area contributed by atoms with Crippen LogP contribution in [0.1, 0.15) is 30.5 Å². The number of nitrogens with one attached hydrogen (secondary N) is 1. The SMILES string of the molecule is CCOc1ccc(/C=N/NC(=O)[C@H](C)Oc2cc(C)cc(C)c2)cc1OC. The van der Waals surface area contributed by atoms with E-state index in [0.29, 0.717) is 23.9 Å². The number of benzene rings is 2. The number of hydrogen-bond acceptors (Lipinski definition) is 5. The minimum atomic E-state index is -0.668. The van der Waals surface area contributed by atoms with Crippen LogP contribution in [0.5, 0.6) is 17.2 Å². The normalized spacial score (nSPS) is 11.9. The van der Waals surface area contributed by atoms with Crippen molar-refractivity contribution in [1.82, 2.24) is 5.43 Å². The molecule has 0 unspecified atom stereocenters. The Balaban J connectivity index is 1.95. The van der Waals surface area contributed by atoms with Crippen LogP contribution in [0, 0.1) is 13.8 Å². The number of rotatable bonds is 8. The van der Waals surface area contributed by atoms with Gasteiger partial charge in [0, 0.05) is 0 Å². The number of amides is 1. The van der Waals surface area contributed by atoms with Gasteiger partial charge in [-0.05, 0) is 74.7 Å². The number of ether oxygens (including phenoxy) is 3. The lowest BCUT2D eigenvalue weighted by Gasteiger charge is -2.14. The van der Waals surface area contributed by atoms with Gasteiger partial charge in [-0.15, -0.1) is 0 Å². The van der Waals surface area contributed by atoms with Crippen LogP contribution in [0.4, 0.5) is 0 Å². The Labute approximate surface area is 160 Å².